The number of fused-ring (bicyclic) bond motifs is 2. The predicted molar refractivity (Wildman–Crippen MR) is 110 cm³/mol. The van der Waals surface area contributed by atoms with Crippen LogP contribution in [0.25, 0.3) is 11.0 Å². The van der Waals surface area contributed by atoms with Gasteiger partial charge in [-0.3, -0.25) is 9.59 Å². The first-order valence-corrected chi connectivity index (χ1v) is 9.63. The van der Waals surface area contributed by atoms with Crippen molar-refractivity contribution < 1.29 is 13.6 Å². The minimum absolute atomic E-state index is 0.0392. The minimum Gasteiger partial charge on any atom is -0.450 e. The van der Waals surface area contributed by atoms with Crippen LogP contribution in [0, 0.1) is 12.7 Å². The molecule has 0 aliphatic carbocycles. The van der Waals surface area contributed by atoms with Gasteiger partial charge in [0.05, 0.1) is 17.0 Å². The molecule has 0 fully saturated rings. The zero-order chi connectivity index (χ0) is 20.9. The molecule has 0 unspecified atom stereocenters. The number of likely N-dealkylation sites (N-methyl/N-ethyl adjacent to an activating group) is 1. The van der Waals surface area contributed by atoms with E-state index in [1.165, 1.54) is 12.1 Å². The standard InChI is InChI=1S/C22H20ClFN2O3/c1-12-10-17-15(11-16(12)23)20(27)18-19(13-4-6-14(24)7-5-13)26(9-8-25(2)3)22(28)21(18)29-17/h4-7,10-11,19H,8-9H2,1-3H3/t19-/m1/s1. The Bertz CT molecular complexity index is 1170. The largest absolute Gasteiger partial charge is 0.450 e. The van der Waals surface area contributed by atoms with Crippen LogP contribution in [-0.2, 0) is 0 Å². The summed E-state index contributed by atoms with van der Waals surface area (Å²) in [4.78, 5) is 30.1. The van der Waals surface area contributed by atoms with Crippen LogP contribution < -0.4 is 5.43 Å². The molecule has 1 aliphatic heterocycles. The molecule has 1 aromatic heterocycles. The molecule has 2 aromatic carbocycles. The molecule has 0 spiro atoms. The highest BCUT2D eigenvalue weighted by molar-refractivity contribution is 6.32. The summed E-state index contributed by atoms with van der Waals surface area (Å²) in [5.41, 5.74) is 1.72. The highest BCUT2D eigenvalue weighted by Crippen LogP contribution is 2.38. The number of carbonyl (C=O) groups is 1. The zero-order valence-corrected chi connectivity index (χ0v) is 17.1. The predicted octanol–water partition coefficient (Wildman–Crippen LogP) is 4.00. The van der Waals surface area contributed by atoms with Crippen LogP contribution in [0.5, 0.6) is 0 Å². The van der Waals surface area contributed by atoms with Gasteiger partial charge in [0.25, 0.3) is 5.91 Å². The summed E-state index contributed by atoms with van der Waals surface area (Å²) in [5.74, 6) is -0.689. The molecule has 0 saturated carbocycles. The van der Waals surface area contributed by atoms with Gasteiger partial charge in [0, 0.05) is 18.1 Å². The lowest BCUT2D eigenvalue weighted by molar-refractivity contribution is 0.0716. The number of amides is 1. The summed E-state index contributed by atoms with van der Waals surface area (Å²) in [6, 6.07) is 8.44. The highest BCUT2D eigenvalue weighted by Gasteiger charge is 2.42. The van der Waals surface area contributed by atoms with Crippen LogP contribution in [0.2, 0.25) is 5.02 Å². The van der Waals surface area contributed by atoms with Gasteiger partial charge in [0.15, 0.2) is 5.43 Å². The van der Waals surface area contributed by atoms with Crippen molar-refractivity contribution in [2.45, 2.75) is 13.0 Å². The van der Waals surface area contributed by atoms with E-state index >= 15 is 0 Å². The van der Waals surface area contributed by atoms with Gasteiger partial charge in [-0.25, -0.2) is 4.39 Å². The summed E-state index contributed by atoms with van der Waals surface area (Å²) < 4.78 is 19.4. The molecule has 4 rings (SSSR count). The van der Waals surface area contributed by atoms with Crippen LogP contribution in [0.4, 0.5) is 4.39 Å². The number of benzene rings is 2. The fourth-order valence-corrected chi connectivity index (χ4v) is 3.83. The average Bonchev–Trinajstić information content (AvgIpc) is 2.95. The summed E-state index contributed by atoms with van der Waals surface area (Å²) >= 11 is 6.22. The third-order valence-electron chi connectivity index (χ3n) is 5.22. The van der Waals surface area contributed by atoms with Gasteiger partial charge in [-0.2, -0.15) is 0 Å². The fourth-order valence-electron chi connectivity index (χ4n) is 3.67. The van der Waals surface area contributed by atoms with Gasteiger partial charge in [-0.1, -0.05) is 23.7 Å². The minimum atomic E-state index is -0.640. The molecular formula is C22H20ClFN2O3. The molecular weight excluding hydrogens is 395 g/mol. The van der Waals surface area contributed by atoms with Crippen molar-refractivity contribution in [2.24, 2.45) is 0 Å². The topological polar surface area (TPSA) is 53.8 Å². The van der Waals surface area contributed by atoms with E-state index in [1.807, 2.05) is 25.9 Å². The molecule has 2 heterocycles. The Labute approximate surface area is 172 Å². The maximum atomic E-state index is 13.5. The maximum Gasteiger partial charge on any atom is 0.290 e. The third kappa shape index (κ3) is 3.32. The SMILES string of the molecule is Cc1cc2oc3c(c(=O)c2cc1Cl)[C@@H](c1ccc(F)cc1)N(CCN(C)C)C3=O. The molecule has 1 atom stereocenters. The van der Waals surface area contributed by atoms with Crippen LogP contribution in [0.15, 0.2) is 45.6 Å². The van der Waals surface area contributed by atoms with Crippen LogP contribution in [0.3, 0.4) is 0 Å². The second kappa shape index (κ2) is 7.28. The molecule has 0 saturated heterocycles. The number of halogens is 2. The van der Waals surface area contributed by atoms with Crippen LogP contribution in [0.1, 0.15) is 33.3 Å². The first-order chi connectivity index (χ1) is 13.8. The lowest BCUT2D eigenvalue weighted by atomic mass is 9.98. The molecule has 1 amide bonds. The summed E-state index contributed by atoms with van der Waals surface area (Å²) in [6.45, 7) is 2.81. The molecule has 5 nitrogen and oxygen atoms in total. The van der Waals surface area contributed by atoms with E-state index in [0.29, 0.717) is 34.6 Å². The van der Waals surface area contributed by atoms with Crippen molar-refractivity contribution in [3.63, 3.8) is 0 Å². The number of carbonyl (C=O) groups excluding carboxylic acids is 1. The molecule has 3 aromatic rings. The highest BCUT2D eigenvalue weighted by atomic mass is 35.5. The lowest BCUT2D eigenvalue weighted by Gasteiger charge is -2.26. The lowest BCUT2D eigenvalue weighted by Crippen LogP contribution is -2.35. The van der Waals surface area contributed by atoms with E-state index in [2.05, 4.69) is 0 Å². The first kappa shape index (κ1) is 19.6. The number of nitrogens with zero attached hydrogens (tertiary/aromatic N) is 2. The Morgan fingerprint density at radius 2 is 1.86 bits per heavy atom. The second-order valence-corrected chi connectivity index (χ2v) is 7.93. The number of hydrogen-bond donors (Lipinski definition) is 0. The average molecular weight is 415 g/mol. The van der Waals surface area contributed by atoms with Crippen molar-refractivity contribution in [1.29, 1.82) is 0 Å². The van der Waals surface area contributed by atoms with Crippen LogP contribution >= 0.6 is 11.6 Å². The van der Waals surface area contributed by atoms with Gasteiger partial charge < -0.3 is 14.2 Å². The van der Waals surface area contributed by atoms with E-state index in [9.17, 15) is 14.0 Å². The molecule has 7 heteroatoms. The Hall–Kier alpha value is -2.70. The van der Waals surface area contributed by atoms with E-state index in [4.69, 9.17) is 16.0 Å². The van der Waals surface area contributed by atoms with Crippen LogP contribution in [-0.4, -0.2) is 42.9 Å². The first-order valence-electron chi connectivity index (χ1n) is 9.26. The van der Waals surface area contributed by atoms with Crippen molar-refractivity contribution in [2.75, 3.05) is 27.2 Å². The summed E-state index contributed by atoms with van der Waals surface area (Å²) in [6.07, 6.45) is 0. The van der Waals surface area contributed by atoms with Gasteiger partial charge in [0.1, 0.15) is 11.4 Å². The van der Waals surface area contributed by atoms with Gasteiger partial charge >= 0.3 is 0 Å². The quantitative estimate of drug-likeness (QED) is 0.647. The Kier molecular flexibility index (Phi) is 4.92. The van der Waals surface area contributed by atoms with Crippen molar-refractivity contribution in [3.8, 4) is 0 Å². The third-order valence-corrected chi connectivity index (χ3v) is 5.63. The smallest absolute Gasteiger partial charge is 0.290 e. The van der Waals surface area contributed by atoms with Crippen molar-refractivity contribution >= 4 is 28.5 Å². The second-order valence-electron chi connectivity index (χ2n) is 7.53. The molecule has 0 bridgehead atoms. The number of rotatable bonds is 4. The zero-order valence-electron chi connectivity index (χ0n) is 16.3. The van der Waals surface area contributed by atoms with E-state index < -0.39 is 6.04 Å². The number of hydrogen-bond acceptors (Lipinski definition) is 4. The van der Waals surface area contributed by atoms with E-state index in [-0.39, 0.29) is 28.5 Å². The summed E-state index contributed by atoms with van der Waals surface area (Å²) in [5, 5.41) is 0.783. The Morgan fingerprint density at radius 3 is 2.52 bits per heavy atom. The van der Waals surface area contributed by atoms with E-state index in [0.717, 1.165) is 5.56 Å². The normalized spacial score (nSPS) is 16.1. The Balaban J connectivity index is 1.96. The molecule has 1 aliphatic rings. The Morgan fingerprint density at radius 1 is 1.17 bits per heavy atom. The van der Waals surface area contributed by atoms with Crippen molar-refractivity contribution in [1.82, 2.24) is 9.80 Å². The van der Waals surface area contributed by atoms with Crippen molar-refractivity contribution in [3.05, 3.63) is 79.9 Å². The van der Waals surface area contributed by atoms with Gasteiger partial charge in [0.2, 0.25) is 5.76 Å². The van der Waals surface area contributed by atoms with Gasteiger partial charge in [-0.05, 0) is 56.4 Å². The monoisotopic (exact) mass is 414 g/mol. The van der Waals surface area contributed by atoms with Gasteiger partial charge in [-0.15, -0.1) is 0 Å². The molecule has 150 valence electrons. The van der Waals surface area contributed by atoms with E-state index in [1.54, 1.807) is 29.2 Å². The molecule has 0 N–H and O–H groups in total. The fraction of sp³-hybridized carbons (Fsp3) is 0.273. The molecule has 29 heavy (non-hydrogen) atoms. The molecule has 0 radical (unpaired) electrons. The number of aryl methyl sites for hydroxylation is 1. The maximum absolute atomic E-state index is 13.5. The summed E-state index contributed by atoms with van der Waals surface area (Å²) in [7, 11) is 3.81.